The molecule has 0 aliphatic carbocycles. The first-order chi connectivity index (χ1) is 9.72. The van der Waals surface area contributed by atoms with E-state index in [-0.39, 0.29) is 11.5 Å². The van der Waals surface area contributed by atoms with Crippen LogP contribution in [0.25, 0.3) is 0 Å². The number of nitrogens with zero attached hydrogens (tertiary/aromatic N) is 2. The lowest BCUT2D eigenvalue weighted by Crippen LogP contribution is -2.36. The van der Waals surface area contributed by atoms with Crippen LogP contribution in [0, 0.1) is 5.92 Å². The summed E-state index contributed by atoms with van der Waals surface area (Å²) in [6, 6.07) is 1.71. The molecule has 0 unspecified atom stereocenters. The molecule has 1 aromatic heterocycles. The Morgan fingerprint density at radius 2 is 2.60 bits per heavy atom. The van der Waals surface area contributed by atoms with Crippen LogP contribution in [0.4, 0.5) is 0 Å². The fourth-order valence-electron chi connectivity index (χ4n) is 3.26. The van der Waals surface area contributed by atoms with E-state index in [0.29, 0.717) is 18.2 Å². The standard InChI is InChI=1S/C14H21N3O3/c1-19-7-3-11-8-14(20-9-11)4-6-17(10-14)13(18)12-2-5-15-16-12/h2,5,11H,3-4,6-10H2,1H3,(H,15,16)/t11-,14+/m0/s1. The van der Waals surface area contributed by atoms with Crippen LogP contribution in [-0.2, 0) is 9.47 Å². The van der Waals surface area contributed by atoms with Crippen LogP contribution in [0.1, 0.15) is 29.8 Å². The number of methoxy groups -OCH3 is 1. The molecule has 6 nitrogen and oxygen atoms in total. The number of ether oxygens (including phenoxy) is 2. The molecule has 1 N–H and O–H groups in total. The zero-order valence-corrected chi connectivity index (χ0v) is 11.8. The second kappa shape index (κ2) is 5.54. The summed E-state index contributed by atoms with van der Waals surface area (Å²) in [7, 11) is 1.73. The van der Waals surface area contributed by atoms with E-state index in [4.69, 9.17) is 9.47 Å². The van der Waals surface area contributed by atoms with Gasteiger partial charge >= 0.3 is 0 Å². The summed E-state index contributed by atoms with van der Waals surface area (Å²) >= 11 is 0. The Morgan fingerprint density at radius 1 is 1.70 bits per heavy atom. The second-order valence-corrected chi connectivity index (χ2v) is 5.79. The van der Waals surface area contributed by atoms with Crippen molar-refractivity contribution >= 4 is 5.91 Å². The molecule has 0 radical (unpaired) electrons. The number of nitrogens with one attached hydrogen (secondary N) is 1. The molecule has 0 bridgehead atoms. The van der Waals surface area contributed by atoms with Crippen LogP contribution in [0.2, 0.25) is 0 Å². The number of rotatable bonds is 4. The predicted molar refractivity (Wildman–Crippen MR) is 72.4 cm³/mol. The van der Waals surface area contributed by atoms with Gasteiger partial charge in [-0.15, -0.1) is 0 Å². The predicted octanol–water partition coefficient (Wildman–Crippen LogP) is 1.07. The minimum atomic E-state index is -0.131. The largest absolute Gasteiger partial charge is 0.385 e. The summed E-state index contributed by atoms with van der Waals surface area (Å²) in [4.78, 5) is 14.1. The molecule has 1 amide bonds. The van der Waals surface area contributed by atoms with Gasteiger partial charge in [-0.1, -0.05) is 0 Å². The highest BCUT2D eigenvalue weighted by atomic mass is 16.5. The molecule has 3 rings (SSSR count). The van der Waals surface area contributed by atoms with Gasteiger partial charge in [0.1, 0.15) is 5.69 Å². The molecule has 2 fully saturated rings. The van der Waals surface area contributed by atoms with Gasteiger partial charge in [0, 0.05) is 26.5 Å². The quantitative estimate of drug-likeness (QED) is 0.895. The van der Waals surface area contributed by atoms with Gasteiger partial charge in [-0.05, 0) is 31.2 Å². The van der Waals surface area contributed by atoms with Gasteiger partial charge in [0.25, 0.3) is 5.91 Å². The molecule has 110 valence electrons. The van der Waals surface area contributed by atoms with Crippen molar-refractivity contribution in [2.75, 3.05) is 33.4 Å². The maximum Gasteiger partial charge on any atom is 0.271 e. The number of carbonyl (C=O) groups excluding carboxylic acids is 1. The number of carbonyl (C=O) groups is 1. The van der Waals surface area contributed by atoms with E-state index in [1.54, 1.807) is 19.4 Å². The average Bonchev–Trinajstić information content (AvgIpc) is 3.18. The third kappa shape index (κ3) is 2.58. The highest BCUT2D eigenvalue weighted by Crippen LogP contribution is 2.39. The number of hydrogen-bond donors (Lipinski definition) is 1. The van der Waals surface area contributed by atoms with E-state index in [9.17, 15) is 4.79 Å². The summed E-state index contributed by atoms with van der Waals surface area (Å²) in [5, 5.41) is 6.56. The summed E-state index contributed by atoms with van der Waals surface area (Å²) in [5.74, 6) is 0.570. The Labute approximate surface area is 118 Å². The van der Waals surface area contributed by atoms with Gasteiger partial charge in [-0.2, -0.15) is 5.10 Å². The summed E-state index contributed by atoms with van der Waals surface area (Å²) < 4.78 is 11.2. The molecule has 0 saturated carbocycles. The Kier molecular flexibility index (Phi) is 3.76. The van der Waals surface area contributed by atoms with Crippen molar-refractivity contribution in [1.82, 2.24) is 15.1 Å². The molecular weight excluding hydrogens is 258 g/mol. The highest BCUT2D eigenvalue weighted by Gasteiger charge is 2.46. The number of likely N-dealkylation sites (tertiary alicyclic amines) is 1. The maximum atomic E-state index is 12.3. The number of hydrogen-bond acceptors (Lipinski definition) is 4. The fraction of sp³-hybridized carbons (Fsp3) is 0.714. The molecule has 2 atom stereocenters. The number of aromatic nitrogens is 2. The molecule has 1 aromatic rings. The molecule has 6 heteroatoms. The van der Waals surface area contributed by atoms with Crippen molar-refractivity contribution in [2.24, 2.45) is 5.92 Å². The summed E-state index contributed by atoms with van der Waals surface area (Å²) in [6.45, 7) is 3.01. The first kappa shape index (κ1) is 13.6. The lowest BCUT2D eigenvalue weighted by molar-refractivity contribution is 0.0112. The minimum Gasteiger partial charge on any atom is -0.385 e. The Balaban J connectivity index is 1.58. The molecule has 3 heterocycles. The first-order valence-electron chi connectivity index (χ1n) is 7.14. The van der Waals surface area contributed by atoms with Crippen LogP contribution in [0.5, 0.6) is 0 Å². The third-order valence-corrected chi connectivity index (χ3v) is 4.35. The van der Waals surface area contributed by atoms with Crippen molar-refractivity contribution in [3.05, 3.63) is 18.0 Å². The molecule has 2 aliphatic rings. The van der Waals surface area contributed by atoms with Gasteiger partial charge in [0.2, 0.25) is 0 Å². The average molecular weight is 279 g/mol. The monoisotopic (exact) mass is 279 g/mol. The number of H-pyrrole nitrogens is 1. The number of aromatic amines is 1. The number of amides is 1. The van der Waals surface area contributed by atoms with Gasteiger partial charge < -0.3 is 14.4 Å². The zero-order valence-electron chi connectivity index (χ0n) is 11.8. The van der Waals surface area contributed by atoms with Crippen molar-refractivity contribution in [3.8, 4) is 0 Å². The molecular formula is C14H21N3O3. The molecule has 1 spiro atoms. The van der Waals surface area contributed by atoms with Crippen LogP contribution < -0.4 is 0 Å². The Hall–Kier alpha value is -1.40. The lowest BCUT2D eigenvalue weighted by Gasteiger charge is -2.23. The molecule has 0 aromatic carbocycles. The summed E-state index contributed by atoms with van der Waals surface area (Å²) in [5.41, 5.74) is 0.421. The minimum absolute atomic E-state index is 0.0170. The van der Waals surface area contributed by atoms with Crippen LogP contribution in [0.3, 0.4) is 0 Å². The fourth-order valence-corrected chi connectivity index (χ4v) is 3.26. The van der Waals surface area contributed by atoms with Gasteiger partial charge in [-0.25, -0.2) is 0 Å². The van der Waals surface area contributed by atoms with Crippen molar-refractivity contribution in [3.63, 3.8) is 0 Å². The van der Waals surface area contributed by atoms with Gasteiger partial charge in [-0.3, -0.25) is 9.89 Å². The Bertz CT molecular complexity index is 462. The van der Waals surface area contributed by atoms with Crippen molar-refractivity contribution < 1.29 is 14.3 Å². The molecule has 20 heavy (non-hydrogen) atoms. The smallest absolute Gasteiger partial charge is 0.271 e. The van der Waals surface area contributed by atoms with Crippen LogP contribution >= 0.6 is 0 Å². The summed E-state index contributed by atoms with van der Waals surface area (Å²) in [6.07, 6.45) is 4.60. The first-order valence-corrected chi connectivity index (χ1v) is 7.14. The van der Waals surface area contributed by atoms with Crippen molar-refractivity contribution in [2.45, 2.75) is 24.9 Å². The topological polar surface area (TPSA) is 67.5 Å². The molecule has 2 saturated heterocycles. The second-order valence-electron chi connectivity index (χ2n) is 5.79. The van der Waals surface area contributed by atoms with E-state index in [2.05, 4.69) is 10.2 Å². The van der Waals surface area contributed by atoms with E-state index < -0.39 is 0 Å². The molecule has 2 aliphatic heterocycles. The maximum absolute atomic E-state index is 12.3. The lowest BCUT2D eigenvalue weighted by atomic mass is 9.92. The SMILES string of the molecule is COCC[C@@H]1CO[C@]2(CCN(C(=O)c3ccn[nH]3)C2)C1. The zero-order chi connectivity index (χ0) is 14.0. The Morgan fingerprint density at radius 3 is 3.35 bits per heavy atom. The highest BCUT2D eigenvalue weighted by molar-refractivity contribution is 5.92. The van der Waals surface area contributed by atoms with Gasteiger partial charge in [0.15, 0.2) is 0 Å². The van der Waals surface area contributed by atoms with E-state index >= 15 is 0 Å². The normalized spacial score (nSPS) is 29.4. The van der Waals surface area contributed by atoms with E-state index in [0.717, 1.165) is 39.0 Å². The van der Waals surface area contributed by atoms with Crippen molar-refractivity contribution in [1.29, 1.82) is 0 Å². The van der Waals surface area contributed by atoms with E-state index in [1.807, 2.05) is 4.90 Å². The van der Waals surface area contributed by atoms with E-state index in [1.165, 1.54) is 0 Å². The third-order valence-electron chi connectivity index (χ3n) is 4.35. The van der Waals surface area contributed by atoms with Crippen LogP contribution in [0.15, 0.2) is 12.3 Å². The van der Waals surface area contributed by atoms with Gasteiger partial charge in [0.05, 0.1) is 18.8 Å². The van der Waals surface area contributed by atoms with Crippen LogP contribution in [-0.4, -0.2) is 60.0 Å².